The summed E-state index contributed by atoms with van der Waals surface area (Å²) < 4.78 is 7.82. The zero-order valence-corrected chi connectivity index (χ0v) is 17.6. The Morgan fingerprint density at radius 3 is 2.60 bits per heavy atom. The normalized spacial score (nSPS) is 11.2. The number of anilines is 1. The number of pyridine rings is 1. The van der Waals surface area contributed by atoms with Crippen molar-refractivity contribution in [3.8, 4) is 17.1 Å². The fraction of sp³-hybridized carbons (Fsp3) is 0.304. The molecule has 0 atom stereocenters. The number of fused-ring (bicyclic) bond motifs is 1. The summed E-state index contributed by atoms with van der Waals surface area (Å²) in [7, 11) is 2.02. The maximum Gasteiger partial charge on any atom is 0.165 e. The minimum Gasteiger partial charge on any atom is -0.492 e. The zero-order chi connectivity index (χ0) is 20.9. The van der Waals surface area contributed by atoms with E-state index in [1.807, 2.05) is 60.4 Å². The predicted octanol–water partition coefficient (Wildman–Crippen LogP) is 4.06. The lowest BCUT2D eigenvalue weighted by atomic mass is 10.2. The van der Waals surface area contributed by atoms with Gasteiger partial charge in [-0.1, -0.05) is 32.0 Å². The second-order valence-electron chi connectivity index (χ2n) is 7.65. The molecule has 3 aromatic heterocycles. The van der Waals surface area contributed by atoms with Crippen LogP contribution in [0.5, 0.6) is 5.75 Å². The molecule has 0 aliphatic heterocycles. The molecule has 0 saturated carbocycles. The van der Waals surface area contributed by atoms with Gasteiger partial charge < -0.3 is 9.64 Å². The quantitative estimate of drug-likeness (QED) is 0.443. The molecule has 4 aromatic rings. The van der Waals surface area contributed by atoms with E-state index in [2.05, 4.69) is 28.8 Å². The Balaban J connectivity index is 1.65. The minimum atomic E-state index is 0.463. The van der Waals surface area contributed by atoms with Gasteiger partial charge in [0.25, 0.3) is 0 Å². The van der Waals surface area contributed by atoms with Crippen LogP contribution >= 0.6 is 0 Å². The number of ether oxygens (including phenoxy) is 1. The number of rotatable bonds is 8. The Hall–Kier alpha value is -3.48. The van der Waals surface area contributed by atoms with Gasteiger partial charge in [-0.3, -0.25) is 4.98 Å². The van der Waals surface area contributed by atoms with Crippen LogP contribution in [0.3, 0.4) is 0 Å². The monoisotopic (exact) mass is 402 g/mol. The van der Waals surface area contributed by atoms with Crippen molar-refractivity contribution in [2.45, 2.75) is 20.4 Å². The zero-order valence-electron chi connectivity index (χ0n) is 17.6. The number of likely N-dealkylation sites (N-methyl/N-ethyl adjacent to an activating group) is 1. The van der Waals surface area contributed by atoms with E-state index >= 15 is 0 Å². The Labute approximate surface area is 176 Å². The molecule has 3 heterocycles. The van der Waals surface area contributed by atoms with Crippen molar-refractivity contribution in [3.63, 3.8) is 0 Å². The van der Waals surface area contributed by atoms with Crippen molar-refractivity contribution >= 4 is 16.9 Å². The molecule has 0 aliphatic carbocycles. The Morgan fingerprint density at radius 2 is 1.87 bits per heavy atom. The highest BCUT2D eigenvalue weighted by Gasteiger charge is 2.17. The standard InChI is InChI=1S/C23H26N6O/c1-17(2)16-29-23-20(15-25-29)22(26-21(27-23)18-8-7-11-24-14-18)28(3)12-13-30-19-9-5-4-6-10-19/h4-11,14-15,17H,12-13,16H2,1-3H3. The molecule has 7 nitrogen and oxygen atoms in total. The maximum absolute atomic E-state index is 5.87. The molecule has 0 aliphatic rings. The van der Waals surface area contributed by atoms with Crippen molar-refractivity contribution in [2.24, 2.45) is 5.92 Å². The first-order valence-corrected chi connectivity index (χ1v) is 10.1. The summed E-state index contributed by atoms with van der Waals surface area (Å²) in [6.07, 6.45) is 5.39. The lowest BCUT2D eigenvalue weighted by Crippen LogP contribution is -2.25. The predicted molar refractivity (Wildman–Crippen MR) is 119 cm³/mol. The molecule has 0 unspecified atom stereocenters. The van der Waals surface area contributed by atoms with E-state index < -0.39 is 0 Å². The van der Waals surface area contributed by atoms with Crippen molar-refractivity contribution in [3.05, 3.63) is 61.1 Å². The molecular weight excluding hydrogens is 376 g/mol. The third-order valence-corrected chi connectivity index (χ3v) is 4.73. The van der Waals surface area contributed by atoms with Crippen LogP contribution in [0.2, 0.25) is 0 Å². The van der Waals surface area contributed by atoms with Gasteiger partial charge >= 0.3 is 0 Å². The Bertz CT molecular complexity index is 1090. The first kappa shape index (κ1) is 19.8. The van der Waals surface area contributed by atoms with Gasteiger partial charge in [0.1, 0.15) is 18.2 Å². The van der Waals surface area contributed by atoms with E-state index in [0.29, 0.717) is 24.9 Å². The van der Waals surface area contributed by atoms with Crippen LogP contribution in [0.4, 0.5) is 5.82 Å². The average Bonchev–Trinajstić information content (AvgIpc) is 3.16. The fourth-order valence-electron chi connectivity index (χ4n) is 3.26. The van der Waals surface area contributed by atoms with E-state index in [4.69, 9.17) is 14.7 Å². The average molecular weight is 403 g/mol. The van der Waals surface area contributed by atoms with Crippen molar-refractivity contribution in [1.29, 1.82) is 0 Å². The lowest BCUT2D eigenvalue weighted by Gasteiger charge is -2.20. The van der Waals surface area contributed by atoms with Gasteiger partial charge in [-0.15, -0.1) is 0 Å². The maximum atomic E-state index is 5.87. The number of nitrogens with zero attached hydrogens (tertiary/aromatic N) is 6. The molecule has 30 heavy (non-hydrogen) atoms. The van der Waals surface area contributed by atoms with Gasteiger partial charge in [0.2, 0.25) is 0 Å². The van der Waals surface area contributed by atoms with Gasteiger partial charge in [-0.05, 0) is 30.2 Å². The van der Waals surface area contributed by atoms with E-state index in [1.54, 1.807) is 12.4 Å². The summed E-state index contributed by atoms with van der Waals surface area (Å²) in [5.74, 6) is 2.81. The van der Waals surface area contributed by atoms with Gasteiger partial charge in [0, 0.05) is 31.5 Å². The molecule has 1 aromatic carbocycles. The molecule has 0 N–H and O–H groups in total. The van der Waals surface area contributed by atoms with Crippen LogP contribution in [0.25, 0.3) is 22.4 Å². The number of aromatic nitrogens is 5. The van der Waals surface area contributed by atoms with Crippen LogP contribution in [0, 0.1) is 5.92 Å². The van der Waals surface area contributed by atoms with Gasteiger partial charge in [0.05, 0.1) is 18.1 Å². The second kappa shape index (κ2) is 8.90. The number of hydrogen-bond acceptors (Lipinski definition) is 6. The lowest BCUT2D eigenvalue weighted by molar-refractivity contribution is 0.326. The van der Waals surface area contributed by atoms with Crippen molar-refractivity contribution < 1.29 is 4.74 Å². The molecule has 0 amide bonds. The SMILES string of the molecule is CC(C)Cn1ncc2c(N(C)CCOc3ccccc3)nc(-c3cccnc3)nc21. The smallest absolute Gasteiger partial charge is 0.165 e. The summed E-state index contributed by atoms with van der Waals surface area (Å²) in [6, 6.07) is 13.7. The van der Waals surface area contributed by atoms with Gasteiger partial charge in [-0.25, -0.2) is 14.6 Å². The second-order valence-corrected chi connectivity index (χ2v) is 7.65. The van der Waals surface area contributed by atoms with Gasteiger partial charge in [-0.2, -0.15) is 5.10 Å². The topological polar surface area (TPSA) is 69.0 Å². The molecule has 154 valence electrons. The molecular formula is C23H26N6O. The molecule has 0 fully saturated rings. The van der Waals surface area contributed by atoms with E-state index in [-0.39, 0.29) is 0 Å². The van der Waals surface area contributed by atoms with Crippen LogP contribution in [-0.2, 0) is 6.54 Å². The fourth-order valence-corrected chi connectivity index (χ4v) is 3.26. The van der Waals surface area contributed by atoms with Gasteiger partial charge in [0.15, 0.2) is 11.5 Å². The Kier molecular flexibility index (Phi) is 5.88. The molecule has 0 spiro atoms. The third-order valence-electron chi connectivity index (χ3n) is 4.73. The highest BCUT2D eigenvalue weighted by molar-refractivity contribution is 5.88. The van der Waals surface area contributed by atoms with E-state index in [9.17, 15) is 0 Å². The summed E-state index contributed by atoms with van der Waals surface area (Å²) in [4.78, 5) is 16.0. The molecule has 0 saturated heterocycles. The summed E-state index contributed by atoms with van der Waals surface area (Å²) in [5.41, 5.74) is 1.72. The van der Waals surface area contributed by atoms with Crippen LogP contribution in [0.15, 0.2) is 61.1 Å². The summed E-state index contributed by atoms with van der Waals surface area (Å²) in [5, 5.41) is 5.52. The van der Waals surface area contributed by atoms with Crippen molar-refractivity contribution in [2.75, 3.05) is 25.1 Å². The van der Waals surface area contributed by atoms with Crippen LogP contribution in [-0.4, -0.2) is 44.9 Å². The number of benzene rings is 1. The summed E-state index contributed by atoms with van der Waals surface area (Å²) >= 11 is 0. The summed E-state index contributed by atoms with van der Waals surface area (Å²) in [6.45, 7) is 6.37. The molecule has 4 rings (SSSR count). The van der Waals surface area contributed by atoms with E-state index in [0.717, 1.165) is 34.7 Å². The van der Waals surface area contributed by atoms with Crippen molar-refractivity contribution in [1.82, 2.24) is 24.7 Å². The first-order valence-electron chi connectivity index (χ1n) is 10.1. The molecule has 0 bridgehead atoms. The third kappa shape index (κ3) is 4.40. The Morgan fingerprint density at radius 1 is 1.03 bits per heavy atom. The highest BCUT2D eigenvalue weighted by atomic mass is 16.5. The van der Waals surface area contributed by atoms with Crippen LogP contribution < -0.4 is 9.64 Å². The number of para-hydroxylation sites is 1. The molecule has 7 heteroatoms. The number of hydrogen-bond donors (Lipinski definition) is 0. The first-order chi connectivity index (χ1) is 14.6. The highest BCUT2D eigenvalue weighted by Crippen LogP contribution is 2.27. The van der Waals surface area contributed by atoms with Crippen LogP contribution in [0.1, 0.15) is 13.8 Å². The minimum absolute atomic E-state index is 0.463. The molecule has 0 radical (unpaired) electrons. The van der Waals surface area contributed by atoms with E-state index in [1.165, 1.54) is 0 Å². The largest absolute Gasteiger partial charge is 0.492 e.